The number of amidine groups is 1. The van der Waals surface area contributed by atoms with Crippen molar-refractivity contribution >= 4 is 48.3 Å². The SMILES string of the molecule is [B]C(=NC(=N)c1ccc2ccn(CCCCCCCC)c2c1)[C@@H]1CCCN1C(=NC(=O)OC(C)(C)C)NC(=O)OC(C)(C)C. The number of alkyl carbamates (subject to hydrolysis) is 1. The molecule has 2 heterocycles. The lowest BCUT2D eigenvalue weighted by Crippen LogP contribution is -2.50. The molecule has 0 bridgehead atoms. The Kier molecular flexibility index (Phi) is 12.2. The molecule has 1 atom stereocenters. The van der Waals surface area contributed by atoms with E-state index in [0.29, 0.717) is 18.5 Å². The standard InChI is InChI=1S/C33H49BN6O4/c1-8-9-10-11-12-13-19-39-21-18-23-16-17-24(22-26(23)39)28(35)36-27(34)25-15-14-20-40(25)29(37-30(41)43-32(2,3)4)38-31(42)44-33(5,6)7/h16-18,21-22,25,35H,8-15,19-20H2,1-7H3,(H,37,38,41,42)/t25-/m0/s1. The van der Waals surface area contributed by atoms with Gasteiger partial charge in [0.25, 0.3) is 0 Å². The fraction of sp³-hybridized carbons (Fsp3) is 0.606. The summed E-state index contributed by atoms with van der Waals surface area (Å²) in [7, 11) is 6.50. The Bertz CT molecular complexity index is 1370. The molecule has 2 amide bonds. The van der Waals surface area contributed by atoms with Crippen molar-refractivity contribution in [2.24, 2.45) is 9.98 Å². The minimum atomic E-state index is -0.852. The van der Waals surface area contributed by atoms with Gasteiger partial charge in [-0.25, -0.2) is 14.6 Å². The zero-order chi connectivity index (χ0) is 32.5. The Morgan fingerprint density at radius 1 is 1.00 bits per heavy atom. The Labute approximate surface area is 263 Å². The number of amides is 2. The third kappa shape index (κ3) is 10.8. The average molecular weight is 605 g/mol. The number of carbonyl (C=O) groups is 2. The number of nitrogens with one attached hydrogen (secondary N) is 2. The number of hydrogen-bond acceptors (Lipinski definition) is 5. The van der Waals surface area contributed by atoms with Gasteiger partial charge in [-0.3, -0.25) is 10.7 Å². The van der Waals surface area contributed by atoms with Gasteiger partial charge in [-0.2, -0.15) is 0 Å². The smallest absolute Gasteiger partial charge is 0.437 e. The number of nitrogens with zero attached hydrogens (tertiary/aromatic N) is 4. The Morgan fingerprint density at radius 2 is 1.68 bits per heavy atom. The van der Waals surface area contributed by atoms with Gasteiger partial charge in [-0.05, 0) is 83.9 Å². The molecule has 11 heteroatoms. The number of rotatable bonds is 9. The highest BCUT2D eigenvalue weighted by Crippen LogP contribution is 2.22. The number of aliphatic imine (C=N–C) groups is 2. The van der Waals surface area contributed by atoms with Crippen molar-refractivity contribution in [3.63, 3.8) is 0 Å². The molecular weight excluding hydrogens is 555 g/mol. The first-order valence-electron chi connectivity index (χ1n) is 15.8. The third-order valence-corrected chi connectivity index (χ3v) is 7.11. The molecule has 2 N–H and O–H groups in total. The normalized spacial score (nSPS) is 16.3. The van der Waals surface area contributed by atoms with E-state index in [0.717, 1.165) is 30.3 Å². The number of guanidine groups is 1. The van der Waals surface area contributed by atoms with Crippen molar-refractivity contribution in [3.05, 3.63) is 36.0 Å². The van der Waals surface area contributed by atoms with Crippen molar-refractivity contribution < 1.29 is 19.1 Å². The first-order valence-corrected chi connectivity index (χ1v) is 15.8. The van der Waals surface area contributed by atoms with E-state index in [2.05, 4.69) is 39.1 Å². The van der Waals surface area contributed by atoms with Gasteiger partial charge in [-0.1, -0.05) is 51.2 Å². The maximum atomic E-state index is 12.7. The third-order valence-electron chi connectivity index (χ3n) is 7.11. The number of unbranched alkanes of at least 4 members (excludes halogenated alkanes) is 5. The van der Waals surface area contributed by atoms with Crippen LogP contribution >= 0.6 is 0 Å². The van der Waals surface area contributed by atoms with Crippen molar-refractivity contribution in [2.45, 2.75) is 124 Å². The van der Waals surface area contributed by atoms with Crippen molar-refractivity contribution in [3.8, 4) is 0 Å². The van der Waals surface area contributed by atoms with E-state index in [9.17, 15) is 9.59 Å². The summed E-state index contributed by atoms with van der Waals surface area (Å²) < 4.78 is 13.0. The largest absolute Gasteiger partial charge is 0.444 e. The van der Waals surface area contributed by atoms with Crippen LogP contribution in [-0.4, -0.2) is 70.7 Å². The molecule has 1 aliphatic rings. The van der Waals surface area contributed by atoms with Crippen LogP contribution in [0.2, 0.25) is 0 Å². The highest BCUT2D eigenvalue weighted by Gasteiger charge is 2.32. The summed E-state index contributed by atoms with van der Waals surface area (Å²) in [5, 5.41) is 12.5. The first kappa shape index (κ1) is 34.9. The van der Waals surface area contributed by atoms with E-state index in [4.69, 9.17) is 22.7 Å². The van der Waals surface area contributed by atoms with Crippen LogP contribution in [0.25, 0.3) is 10.9 Å². The number of benzene rings is 1. The van der Waals surface area contributed by atoms with Crippen LogP contribution in [0.4, 0.5) is 9.59 Å². The Hall–Kier alpha value is -3.63. The van der Waals surface area contributed by atoms with Crippen LogP contribution in [0.3, 0.4) is 0 Å². The molecular formula is C33H49BN6O4. The molecule has 1 aliphatic heterocycles. The number of likely N-dealkylation sites (tertiary alicyclic amines) is 1. The molecule has 1 fully saturated rings. The predicted octanol–water partition coefficient (Wildman–Crippen LogP) is 7.17. The van der Waals surface area contributed by atoms with E-state index >= 15 is 0 Å². The number of aromatic nitrogens is 1. The molecule has 0 spiro atoms. The average Bonchev–Trinajstić information content (AvgIpc) is 3.55. The number of fused-ring (bicyclic) bond motifs is 1. The molecule has 238 valence electrons. The van der Waals surface area contributed by atoms with Crippen molar-refractivity contribution in [1.29, 1.82) is 5.41 Å². The summed E-state index contributed by atoms with van der Waals surface area (Å²) in [5.41, 5.74) is 0.384. The minimum Gasteiger partial charge on any atom is -0.444 e. The zero-order valence-electron chi connectivity index (χ0n) is 27.5. The van der Waals surface area contributed by atoms with Gasteiger partial charge in [-0.15, -0.1) is 4.99 Å². The summed E-state index contributed by atoms with van der Waals surface area (Å²) in [5.74, 6) is 0.00363. The van der Waals surface area contributed by atoms with Gasteiger partial charge in [0, 0.05) is 30.4 Å². The molecule has 0 saturated carbocycles. The Morgan fingerprint density at radius 3 is 2.36 bits per heavy atom. The molecule has 10 nitrogen and oxygen atoms in total. The first-order chi connectivity index (χ1) is 20.7. The van der Waals surface area contributed by atoms with Crippen LogP contribution in [0, 0.1) is 5.41 Å². The van der Waals surface area contributed by atoms with Gasteiger partial charge in [0.05, 0.1) is 6.04 Å². The maximum Gasteiger partial charge on any atom is 0.437 e. The topological polar surface area (TPSA) is 121 Å². The highest BCUT2D eigenvalue weighted by molar-refractivity contribution is 6.62. The van der Waals surface area contributed by atoms with Crippen LogP contribution in [0.5, 0.6) is 0 Å². The lowest BCUT2D eigenvalue weighted by atomic mass is 9.91. The van der Waals surface area contributed by atoms with Crippen molar-refractivity contribution in [1.82, 2.24) is 14.8 Å². The van der Waals surface area contributed by atoms with Crippen LogP contribution in [-0.2, 0) is 16.0 Å². The molecule has 1 aromatic heterocycles. The monoisotopic (exact) mass is 604 g/mol. The predicted molar refractivity (Wildman–Crippen MR) is 178 cm³/mol. The highest BCUT2D eigenvalue weighted by atomic mass is 16.6. The minimum absolute atomic E-state index is 0.0328. The fourth-order valence-corrected chi connectivity index (χ4v) is 5.11. The summed E-state index contributed by atoms with van der Waals surface area (Å²) in [6.07, 6.45) is 9.20. The summed E-state index contributed by atoms with van der Waals surface area (Å²) >= 11 is 0. The van der Waals surface area contributed by atoms with E-state index in [1.54, 1.807) is 46.4 Å². The zero-order valence-corrected chi connectivity index (χ0v) is 27.5. The van der Waals surface area contributed by atoms with Gasteiger partial charge in [0.2, 0.25) is 5.96 Å². The molecule has 44 heavy (non-hydrogen) atoms. The molecule has 0 aliphatic carbocycles. The van der Waals surface area contributed by atoms with Crippen LogP contribution < -0.4 is 5.32 Å². The number of hydrogen-bond donors (Lipinski definition) is 2. The van der Waals surface area contributed by atoms with Gasteiger partial charge in [0.15, 0.2) is 5.84 Å². The lowest BCUT2D eigenvalue weighted by molar-refractivity contribution is 0.0555. The second kappa shape index (κ2) is 15.4. The number of carbonyl (C=O) groups excluding carboxylic acids is 2. The molecule has 0 unspecified atom stereocenters. The van der Waals surface area contributed by atoms with E-state index in [1.807, 2.05) is 18.2 Å². The van der Waals surface area contributed by atoms with Crippen molar-refractivity contribution in [2.75, 3.05) is 6.54 Å². The molecule has 1 aromatic carbocycles. The van der Waals surface area contributed by atoms with Gasteiger partial charge in [0.1, 0.15) is 19.0 Å². The van der Waals surface area contributed by atoms with E-state index in [-0.39, 0.29) is 17.4 Å². The lowest BCUT2D eigenvalue weighted by Gasteiger charge is -2.29. The summed E-state index contributed by atoms with van der Waals surface area (Å²) in [4.78, 5) is 35.6. The Balaban J connectivity index is 1.79. The molecule has 3 rings (SSSR count). The van der Waals surface area contributed by atoms with E-state index in [1.165, 1.54) is 32.1 Å². The van der Waals surface area contributed by atoms with Crippen LogP contribution in [0.15, 0.2) is 40.4 Å². The maximum absolute atomic E-state index is 12.7. The van der Waals surface area contributed by atoms with E-state index < -0.39 is 29.4 Å². The fourth-order valence-electron chi connectivity index (χ4n) is 5.11. The molecule has 2 aromatic rings. The number of aryl methyl sites for hydroxylation is 1. The quantitative estimate of drug-likeness (QED) is 0.136. The van der Waals surface area contributed by atoms with Gasteiger partial charge >= 0.3 is 12.2 Å². The summed E-state index contributed by atoms with van der Waals surface area (Å²) in [6.45, 7) is 14.1. The second-order valence-corrected chi connectivity index (χ2v) is 13.3. The summed E-state index contributed by atoms with van der Waals surface area (Å²) in [6, 6.07) is 7.46. The molecule has 2 radical (unpaired) electrons. The number of ether oxygens (including phenoxy) is 2. The van der Waals surface area contributed by atoms with Crippen LogP contribution in [0.1, 0.15) is 105 Å². The molecule has 1 saturated heterocycles. The van der Waals surface area contributed by atoms with Gasteiger partial charge < -0.3 is 18.9 Å². The second-order valence-electron chi connectivity index (χ2n) is 13.3.